The number of hydrogen-bond donors (Lipinski definition) is 2. The van der Waals surface area contributed by atoms with Gasteiger partial charge in [-0.25, -0.2) is 15.0 Å². The van der Waals surface area contributed by atoms with Crippen molar-refractivity contribution in [2.75, 3.05) is 64.1 Å². The van der Waals surface area contributed by atoms with Gasteiger partial charge in [0.1, 0.15) is 0 Å². The highest BCUT2D eigenvalue weighted by atomic mass is 16.5. The third-order valence-corrected chi connectivity index (χ3v) is 8.23. The van der Waals surface area contributed by atoms with Crippen LogP contribution in [0.3, 0.4) is 0 Å². The maximum atomic E-state index is 5.15. The van der Waals surface area contributed by atoms with Crippen molar-refractivity contribution in [2.24, 2.45) is 0 Å². The van der Waals surface area contributed by atoms with Gasteiger partial charge >= 0.3 is 0 Å². The monoisotopic (exact) mass is 549 g/mol. The zero-order valence-corrected chi connectivity index (χ0v) is 24.0. The van der Waals surface area contributed by atoms with E-state index < -0.39 is 0 Å². The zero-order valence-electron chi connectivity index (χ0n) is 24.0. The van der Waals surface area contributed by atoms with Crippen molar-refractivity contribution in [1.29, 1.82) is 0 Å². The molecule has 0 amide bonds. The number of likely N-dealkylation sites (N-methyl/N-ethyl adjacent to an activating group) is 1. The van der Waals surface area contributed by atoms with Crippen LogP contribution in [0.5, 0.6) is 5.88 Å². The third kappa shape index (κ3) is 6.50. The molecule has 0 radical (unpaired) electrons. The van der Waals surface area contributed by atoms with Crippen LogP contribution in [0.15, 0.2) is 73.1 Å². The van der Waals surface area contributed by atoms with Gasteiger partial charge in [0.25, 0.3) is 0 Å². The molecule has 4 aromatic rings. The van der Waals surface area contributed by atoms with E-state index in [1.54, 1.807) is 7.11 Å². The van der Waals surface area contributed by atoms with E-state index in [2.05, 4.69) is 81.0 Å². The molecule has 2 aliphatic rings. The normalized spacial score (nSPS) is 17.0. The number of anilines is 2. The maximum absolute atomic E-state index is 5.15. The fourth-order valence-electron chi connectivity index (χ4n) is 5.77. The quantitative estimate of drug-likeness (QED) is 0.271. The van der Waals surface area contributed by atoms with E-state index in [4.69, 9.17) is 14.7 Å². The van der Waals surface area contributed by atoms with Gasteiger partial charge in [0.2, 0.25) is 11.8 Å². The summed E-state index contributed by atoms with van der Waals surface area (Å²) in [6.45, 7) is 7.33. The number of fused-ring (bicyclic) bond motifs is 3. The first-order valence-electron chi connectivity index (χ1n) is 14.6. The lowest BCUT2D eigenvalue weighted by Gasteiger charge is -2.32. The lowest BCUT2D eigenvalue weighted by molar-refractivity contribution is 0.154. The lowest BCUT2D eigenvalue weighted by Crippen LogP contribution is -2.44. The standard InChI is InChI=1S/C33H39N7O/c1-39-16-18-40(19-17-39)15-5-14-34-33-37-23-26-20-30(28-6-3-4-7-29(28)32(26)38-33)25-9-11-27(12-10-25)35-21-24-8-13-31(41-2)36-22-24/h3-4,6-13,22-23,30,35H,5,14-21H2,1-2H3,(H,34,37,38). The van der Waals surface area contributed by atoms with Gasteiger partial charge in [-0.2, -0.15) is 0 Å². The summed E-state index contributed by atoms with van der Waals surface area (Å²) in [5.41, 5.74) is 8.27. The highest BCUT2D eigenvalue weighted by Crippen LogP contribution is 2.42. The predicted molar refractivity (Wildman–Crippen MR) is 165 cm³/mol. The topological polar surface area (TPSA) is 78.4 Å². The molecular weight excluding hydrogens is 510 g/mol. The molecule has 1 saturated heterocycles. The summed E-state index contributed by atoms with van der Waals surface area (Å²) in [6, 6.07) is 21.4. The molecule has 3 heterocycles. The number of piperazine rings is 1. The molecule has 1 fully saturated rings. The van der Waals surface area contributed by atoms with Gasteiger partial charge in [-0.3, -0.25) is 0 Å². The second-order valence-corrected chi connectivity index (χ2v) is 11.0. The second-order valence-electron chi connectivity index (χ2n) is 11.0. The molecule has 8 heteroatoms. The van der Waals surface area contributed by atoms with E-state index >= 15 is 0 Å². The summed E-state index contributed by atoms with van der Waals surface area (Å²) in [5, 5.41) is 6.97. The molecule has 0 saturated carbocycles. The first-order valence-corrected chi connectivity index (χ1v) is 14.6. The fraction of sp³-hybridized carbons (Fsp3) is 0.364. The van der Waals surface area contributed by atoms with Crippen LogP contribution in [0.4, 0.5) is 11.6 Å². The number of rotatable bonds is 10. The number of benzene rings is 2. The van der Waals surface area contributed by atoms with E-state index in [9.17, 15) is 0 Å². The molecule has 0 bridgehead atoms. The Morgan fingerprint density at radius 2 is 1.73 bits per heavy atom. The van der Waals surface area contributed by atoms with Crippen LogP contribution >= 0.6 is 0 Å². The summed E-state index contributed by atoms with van der Waals surface area (Å²) in [5.74, 6) is 1.62. The fourth-order valence-corrected chi connectivity index (χ4v) is 5.77. The number of aromatic nitrogens is 3. The highest BCUT2D eigenvalue weighted by molar-refractivity contribution is 5.72. The molecule has 0 spiro atoms. The molecule has 8 nitrogen and oxygen atoms in total. The Morgan fingerprint density at radius 3 is 2.51 bits per heavy atom. The number of ether oxygens (including phenoxy) is 1. The van der Waals surface area contributed by atoms with Gasteiger partial charge in [-0.1, -0.05) is 42.5 Å². The van der Waals surface area contributed by atoms with E-state index in [-0.39, 0.29) is 5.92 Å². The first-order chi connectivity index (χ1) is 20.2. The molecule has 1 aliphatic heterocycles. The van der Waals surface area contributed by atoms with Crippen molar-refractivity contribution in [1.82, 2.24) is 24.8 Å². The summed E-state index contributed by atoms with van der Waals surface area (Å²) >= 11 is 0. The van der Waals surface area contributed by atoms with E-state index in [0.29, 0.717) is 12.4 Å². The average Bonchev–Trinajstić information content (AvgIpc) is 3.03. The minimum absolute atomic E-state index is 0.268. The molecule has 1 aliphatic carbocycles. The molecule has 1 unspecified atom stereocenters. The number of nitrogens with one attached hydrogen (secondary N) is 2. The van der Waals surface area contributed by atoms with Crippen molar-refractivity contribution in [3.63, 3.8) is 0 Å². The van der Waals surface area contributed by atoms with E-state index in [0.717, 1.165) is 75.0 Å². The van der Waals surface area contributed by atoms with Gasteiger partial charge in [-0.05, 0) is 60.8 Å². The largest absolute Gasteiger partial charge is 0.481 e. The maximum Gasteiger partial charge on any atom is 0.223 e. The Balaban J connectivity index is 1.10. The van der Waals surface area contributed by atoms with Crippen LogP contribution in [0.25, 0.3) is 11.3 Å². The summed E-state index contributed by atoms with van der Waals surface area (Å²) < 4.78 is 5.15. The van der Waals surface area contributed by atoms with Crippen LogP contribution in [-0.4, -0.2) is 78.2 Å². The van der Waals surface area contributed by atoms with Crippen LogP contribution in [0.1, 0.15) is 34.6 Å². The van der Waals surface area contributed by atoms with Gasteiger partial charge < -0.3 is 25.2 Å². The van der Waals surface area contributed by atoms with Crippen LogP contribution in [0, 0.1) is 0 Å². The minimum Gasteiger partial charge on any atom is -0.481 e. The highest BCUT2D eigenvalue weighted by Gasteiger charge is 2.27. The van der Waals surface area contributed by atoms with Crippen molar-refractivity contribution >= 4 is 11.6 Å². The molecule has 1 atom stereocenters. The van der Waals surface area contributed by atoms with Crippen LogP contribution in [-0.2, 0) is 13.0 Å². The number of hydrogen-bond acceptors (Lipinski definition) is 8. The van der Waals surface area contributed by atoms with E-state index in [1.807, 2.05) is 24.5 Å². The Labute approximate surface area is 242 Å². The van der Waals surface area contributed by atoms with E-state index in [1.165, 1.54) is 22.3 Å². The number of nitrogens with zero attached hydrogens (tertiary/aromatic N) is 5. The summed E-state index contributed by atoms with van der Waals surface area (Å²) in [7, 11) is 3.83. The molecule has 2 N–H and O–H groups in total. The molecule has 212 valence electrons. The third-order valence-electron chi connectivity index (χ3n) is 8.23. The summed E-state index contributed by atoms with van der Waals surface area (Å²) in [6.07, 6.45) is 5.84. The van der Waals surface area contributed by atoms with Gasteiger partial charge in [0.15, 0.2) is 0 Å². The van der Waals surface area contributed by atoms with Gasteiger partial charge in [-0.15, -0.1) is 0 Å². The number of methoxy groups -OCH3 is 1. The Hall–Kier alpha value is -4.01. The van der Waals surface area contributed by atoms with Crippen molar-refractivity contribution < 1.29 is 4.74 Å². The van der Waals surface area contributed by atoms with Gasteiger partial charge in [0.05, 0.1) is 12.8 Å². The second kappa shape index (κ2) is 12.7. The van der Waals surface area contributed by atoms with Crippen LogP contribution in [0.2, 0.25) is 0 Å². The molecular formula is C33H39N7O. The molecule has 2 aromatic carbocycles. The van der Waals surface area contributed by atoms with Crippen molar-refractivity contribution in [3.8, 4) is 17.1 Å². The Bertz CT molecular complexity index is 1430. The lowest BCUT2D eigenvalue weighted by atomic mass is 9.78. The van der Waals surface area contributed by atoms with Gasteiger partial charge in [0, 0.05) is 74.9 Å². The molecule has 41 heavy (non-hydrogen) atoms. The smallest absolute Gasteiger partial charge is 0.223 e. The number of pyridine rings is 1. The molecule has 6 rings (SSSR count). The predicted octanol–water partition coefficient (Wildman–Crippen LogP) is 4.90. The van der Waals surface area contributed by atoms with Crippen molar-refractivity contribution in [3.05, 3.63) is 95.3 Å². The SMILES string of the molecule is COc1ccc(CNc2ccc(C3Cc4cnc(NCCCN5CCN(C)CC5)nc4-c4ccccc43)cc2)cn1. The Morgan fingerprint density at radius 1 is 0.902 bits per heavy atom. The average molecular weight is 550 g/mol. The molecule has 2 aromatic heterocycles. The zero-order chi connectivity index (χ0) is 28.0. The van der Waals surface area contributed by atoms with Crippen molar-refractivity contribution in [2.45, 2.75) is 25.3 Å². The van der Waals surface area contributed by atoms with Crippen LogP contribution < -0.4 is 15.4 Å². The summed E-state index contributed by atoms with van der Waals surface area (Å²) in [4.78, 5) is 18.9. The first kappa shape index (κ1) is 27.2. The minimum atomic E-state index is 0.268. The Kier molecular flexibility index (Phi) is 8.39.